The van der Waals surface area contributed by atoms with Crippen molar-refractivity contribution in [2.24, 2.45) is 0 Å². The van der Waals surface area contributed by atoms with Crippen LogP contribution in [0.15, 0.2) is 46.9 Å². The number of Topliss-reactive ketones (excluding diaryl/α,β-unsaturated/α-hetero) is 1. The standard InChI is InChI=1S/C25H22BrN3O4/c1-13-21(14(2)30)20(12-17-22-18(26)4-3-5-19(22)29-24(17)32)28-23(13)25(33)27-11-10-15-6-8-16(31)9-7-15/h3-9,12,28,31H,10-11H2,1-2H3,(H,27,33)(H,29,32). The zero-order valence-corrected chi connectivity index (χ0v) is 19.7. The number of halogens is 1. The second-order valence-corrected chi connectivity index (χ2v) is 8.67. The normalized spacial score (nSPS) is 13.7. The van der Waals surface area contributed by atoms with Crippen LogP contribution in [0.1, 0.15) is 50.2 Å². The molecule has 4 rings (SSSR count). The van der Waals surface area contributed by atoms with Crippen molar-refractivity contribution in [2.75, 3.05) is 11.9 Å². The fourth-order valence-electron chi connectivity index (χ4n) is 3.97. The lowest BCUT2D eigenvalue weighted by atomic mass is 10.0. The Bertz CT molecular complexity index is 1310. The van der Waals surface area contributed by atoms with E-state index in [4.69, 9.17) is 0 Å². The van der Waals surface area contributed by atoms with Crippen molar-refractivity contribution in [1.82, 2.24) is 10.3 Å². The first-order chi connectivity index (χ1) is 15.8. The predicted octanol–water partition coefficient (Wildman–Crippen LogP) is 4.46. The number of aromatic amines is 1. The van der Waals surface area contributed by atoms with Gasteiger partial charge in [-0.2, -0.15) is 0 Å². The van der Waals surface area contributed by atoms with E-state index < -0.39 is 0 Å². The van der Waals surface area contributed by atoms with Crippen LogP contribution in [0, 0.1) is 6.92 Å². The Morgan fingerprint density at radius 3 is 2.58 bits per heavy atom. The molecular formula is C25H22BrN3O4. The number of H-pyrrole nitrogens is 1. The molecule has 7 nitrogen and oxygen atoms in total. The zero-order chi connectivity index (χ0) is 23.7. The molecule has 0 atom stereocenters. The molecule has 3 aromatic rings. The Morgan fingerprint density at radius 2 is 1.88 bits per heavy atom. The van der Waals surface area contributed by atoms with Gasteiger partial charge in [0.05, 0.1) is 17.0 Å². The van der Waals surface area contributed by atoms with E-state index in [-0.39, 0.29) is 29.0 Å². The third-order valence-corrected chi connectivity index (χ3v) is 6.22. The molecule has 1 aliphatic heterocycles. The van der Waals surface area contributed by atoms with Crippen molar-refractivity contribution in [3.8, 4) is 5.75 Å². The Labute approximate surface area is 199 Å². The van der Waals surface area contributed by atoms with Crippen LogP contribution in [0.25, 0.3) is 11.6 Å². The summed E-state index contributed by atoms with van der Waals surface area (Å²) in [5.74, 6) is -0.632. The molecule has 33 heavy (non-hydrogen) atoms. The van der Waals surface area contributed by atoms with E-state index in [1.54, 1.807) is 43.3 Å². The Hall–Kier alpha value is -3.65. The number of fused-ring (bicyclic) bond motifs is 1. The maximum absolute atomic E-state index is 12.9. The number of hydrogen-bond donors (Lipinski definition) is 4. The number of phenols is 1. The molecule has 168 valence electrons. The molecule has 8 heteroatoms. The quantitative estimate of drug-likeness (QED) is 0.291. The Morgan fingerprint density at radius 1 is 1.15 bits per heavy atom. The molecule has 0 bridgehead atoms. The summed E-state index contributed by atoms with van der Waals surface area (Å²) in [5, 5.41) is 15.1. The summed E-state index contributed by atoms with van der Waals surface area (Å²) in [5.41, 5.74) is 4.37. The molecule has 0 saturated carbocycles. The smallest absolute Gasteiger partial charge is 0.268 e. The second kappa shape index (κ2) is 9.07. The average Bonchev–Trinajstić information content (AvgIpc) is 3.27. The van der Waals surface area contributed by atoms with Crippen molar-refractivity contribution < 1.29 is 19.5 Å². The van der Waals surface area contributed by atoms with Crippen molar-refractivity contribution >= 4 is 50.9 Å². The van der Waals surface area contributed by atoms with Gasteiger partial charge in [-0.25, -0.2) is 0 Å². The zero-order valence-electron chi connectivity index (χ0n) is 18.1. The predicted molar refractivity (Wildman–Crippen MR) is 130 cm³/mol. The number of carbonyl (C=O) groups excluding carboxylic acids is 3. The number of nitrogens with one attached hydrogen (secondary N) is 3. The number of anilines is 1. The fraction of sp³-hybridized carbons (Fsp3) is 0.160. The highest BCUT2D eigenvalue weighted by molar-refractivity contribution is 9.10. The van der Waals surface area contributed by atoms with E-state index in [1.165, 1.54) is 6.92 Å². The summed E-state index contributed by atoms with van der Waals surface area (Å²) >= 11 is 3.48. The largest absolute Gasteiger partial charge is 0.508 e. The van der Waals surface area contributed by atoms with Crippen molar-refractivity contribution in [3.63, 3.8) is 0 Å². The minimum absolute atomic E-state index is 0.189. The van der Waals surface area contributed by atoms with Gasteiger partial charge >= 0.3 is 0 Å². The molecule has 0 fully saturated rings. The number of amides is 2. The summed E-state index contributed by atoms with van der Waals surface area (Å²) in [7, 11) is 0. The number of hydrogen-bond acceptors (Lipinski definition) is 4. The fourth-order valence-corrected chi connectivity index (χ4v) is 4.55. The topological polar surface area (TPSA) is 111 Å². The highest BCUT2D eigenvalue weighted by Crippen LogP contribution is 2.38. The summed E-state index contributed by atoms with van der Waals surface area (Å²) in [6.45, 7) is 3.53. The van der Waals surface area contributed by atoms with Crippen molar-refractivity contribution in [2.45, 2.75) is 20.3 Å². The maximum atomic E-state index is 12.9. The van der Waals surface area contributed by atoms with Gasteiger partial charge in [0.1, 0.15) is 11.4 Å². The van der Waals surface area contributed by atoms with Gasteiger partial charge in [0.15, 0.2) is 5.78 Å². The van der Waals surface area contributed by atoms with Gasteiger partial charge in [0, 0.05) is 22.1 Å². The van der Waals surface area contributed by atoms with Crippen LogP contribution in [-0.4, -0.2) is 34.2 Å². The first-order valence-corrected chi connectivity index (χ1v) is 11.2. The van der Waals surface area contributed by atoms with Crippen LogP contribution >= 0.6 is 15.9 Å². The van der Waals surface area contributed by atoms with Crippen LogP contribution in [0.5, 0.6) is 5.75 Å². The number of phenolic OH excluding ortho intramolecular Hbond substituents is 1. The van der Waals surface area contributed by atoms with E-state index in [0.717, 1.165) is 10.0 Å². The third-order valence-electron chi connectivity index (χ3n) is 5.56. The number of aromatic hydroxyl groups is 1. The highest BCUT2D eigenvalue weighted by atomic mass is 79.9. The summed E-state index contributed by atoms with van der Waals surface area (Å²) in [4.78, 5) is 40.9. The molecule has 0 radical (unpaired) electrons. The number of benzene rings is 2. The van der Waals surface area contributed by atoms with Gasteiger partial charge in [0.25, 0.3) is 11.8 Å². The van der Waals surface area contributed by atoms with Crippen LogP contribution < -0.4 is 10.6 Å². The first kappa shape index (κ1) is 22.5. The summed E-state index contributed by atoms with van der Waals surface area (Å²) in [6.07, 6.45) is 2.20. The van der Waals surface area contributed by atoms with Crippen molar-refractivity contribution in [3.05, 3.63) is 80.6 Å². The third kappa shape index (κ3) is 4.47. The summed E-state index contributed by atoms with van der Waals surface area (Å²) in [6, 6.07) is 12.3. The molecule has 2 amide bonds. The minimum atomic E-state index is -0.337. The van der Waals surface area contributed by atoms with Gasteiger partial charge in [-0.3, -0.25) is 14.4 Å². The van der Waals surface area contributed by atoms with Gasteiger partial charge in [-0.05, 0) is 61.7 Å². The van der Waals surface area contributed by atoms with E-state index >= 15 is 0 Å². The lowest BCUT2D eigenvalue weighted by Gasteiger charge is -2.05. The SMILES string of the molecule is CC(=O)c1c(C=C2C(=O)Nc3cccc(Br)c32)[nH]c(C(=O)NCCc2ccc(O)cc2)c1C. The lowest BCUT2D eigenvalue weighted by Crippen LogP contribution is -2.26. The molecule has 4 N–H and O–H groups in total. The van der Waals surface area contributed by atoms with Crippen LogP contribution in [0.2, 0.25) is 0 Å². The molecule has 2 aromatic carbocycles. The van der Waals surface area contributed by atoms with Crippen LogP contribution in [-0.2, 0) is 11.2 Å². The van der Waals surface area contributed by atoms with E-state index in [0.29, 0.717) is 46.6 Å². The molecular weight excluding hydrogens is 486 g/mol. The van der Waals surface area contributed by atoms with E-state index in [2.05, 4.69) is 31.5 Å². The number of ketones is 1. The molecule has 1 aliphatic rings. The van der Waals surface area contributed by atoms with E-state index in [1.807, 2.05) is 12.1 Å². The first-order valence-electron chi connectivity index (χ1n) is 10.4. The molecule has 0 unspecified atom stereocenters. The van der Waals surface area contributed by atoms with Crippen LogP contribution in [0.4, 0.5) is 5.69 Å². The molecule has 2 heterocycles. The molecule has 1 aromatic heterocycles. The van der Waals surface area contributed by atoms with Gasteiger partial charge in [-0.15, -0.1) is 0 Å². The van der Waals surface area contributed by atoms with Gasteiger partial charge in [0.2, 0.25) is 0 Å². The monoisotopic (exact) mass is 507 g/mol. The molecule has 0 aliphatic carbocycles. The van der Waals surface area contributed by atoms with Crippen LogP contribution in [0.3, 0.4) is 0 Å². The molecule has 0 saturated heterocycles. The highest BCUT2D eigenvalue weighted by Gasteiger charge is 2.28. The maximum Gasteiger partial charge on any atom is 0.268 e. The number of carbonyl (C=O) groups is 3. The molecule has 0 spiro atoms. The van der Waals surface area contributed by atoms with E-state index in [9.17, 15) is 19.5 Å². The van der Waals surface area contributed by atoms with Crippen molar-refractivity contribution in [1.29, 1.82) is 0 Å². The minimum Gasteiger partial charge on any atom is -0.508 e. The second-order valence-electron chi connectivity index (χ2n) is 7.82. The Balaban J connectivity index is 1.62. The lowest BCUT2D eigenvalue weighted by molar-refractivity contribution is -0.110. The van der Waals surface area contributed by atoms with Gasteiger partial charge in [-0.1, -0.05) is 34.1 Å². The number of aromatic nitrogens is 1. The average molecular weight is 508 g/mol. The Kier molecular flexibility index (Phi) is 6.20. The summed E-state index contributed by atoms with van der Waals surface area (Å²) < 4.78 is 0.754. The van der Waals surface area contributed by atoms with Gasteiger partial charge < -0.3 is 20.7 Å². The number of rotatable bonds is 6.